The van der Waals surface area contributed by atoms with Gasteiger partial charge in [-0.3, -0.25) is 9.59 Å². The van der Waals surface area contributed by atoms with Crippen LogP contribution in [0.3, 0.4) is 0 Å². The van der Waals surface area contributed by atoms with Gasteiger partial charge in [0.1, 0.15) is 13.1 Å². The van der Waals surface area contributed by atoms with Gasteiger partial charge in [-0.2, -0.15) is 0 Å². The fourth-order valence-corrected chi connectivity index (χ4v) is 4.27. The number of aromatic nitrogens is 3. The van der Waals surface area contributed by atoms with Crippen LogP contribution in [-0.2, 0) is 13.1 Å². The third kappa shape index (κ3) is 6.03. The molecule has 0 spiro atoms. The van der Waals surface area contributed by atoms with E-state index in [1.54, 1.807) is 21.5 Å². The molecule has 0 aliphatic heterocycles. The number of nitrogens with zero attached hydrogens (tertiary/aromatic N) is 3. The smallest absolute Gasteiger partial charge is 0.249 e. The Morgan fingerprint density at radius 2 is 1.32 bits per heavy atom. The first kappa shape index (κ1) is 25.3. The highest BCUT2D eigenvalue weighted by Crippen LogP contribution is 2.25. The van der Waals surface area contributed by atoms with E-state index in [1.807, 2.05) is 12.1 Å². The molecule has 0 radical (unpaired) electrons. The molecular weight excluding hydrogens is 410 g/mol. The number of halogens is 1. The Morgan fingerprint density at radius 1 is 0.774 bits per heavy atom. The van der Waals surface area contributed by atoms with Gasteiger partial charge in [-0.15, -0.1) is 9.36 Å². The number of hydrogen-bond donors (Lipinski definition) is 0. The first-order valence-electron chi connectivity index (χ1n) is 11.9. The molecule has 1 heterocycles. The SMILES string of the molecule is CCCCCCCCCCn1n[n+](CCCCC)c2c1C(=O)c1ccccc1C2=O.[Cl-]. The Bertz CT molecular complexity index is 876. The van der Waals surface area contributed by atoms with Crippen LogP contribution in [0.4, 0.5) is 0 Å². The van der Waals surface area contributed by atoms with Gasteiger partial charge in [-0.1, -0.05) is 83.1 Å². The minimum atomic E-state index is -0.0705. The second-order valence-electron chi connectivity index (χ2n) is 8.42. The predicted octanol–water partition coefficient (Wildman–Crippen LogP) is 2.28. The van der Waals surface area contributed by atoms with E-state index in [-0.39, 0.29) is 24.0 Å². The summed E-state index contributed by atoms with van der Waals surface area (Å²) in [6, 6.07) is 7.16. The standard InChI is InChI=1S/C25H36N3O2.ClH/c1-3-5-7-8-9-10-11-15-19-28-23-22(27(26-28)18-14-6-4-2)24(29)20-16-12-13-17-21(20)25(23)30;/h12-13,16-17H,3-11,14-15,18-19H2,1-2H3;1H/q+1;/p-1. The van der Waals surface area contributed by atoms with E-state index in [9.17, 15) is 9.59 Å². The fraction of sp³-hybridized carbons (Fsp3) is 0.600. The molecule has 1 aromatic carbocycles. The van der Waals surface area contributed by atoms with Crippen molar-refractivity contribution < 1.29 is 26.7 Å². The summed E-state index contributed by atoms with van der Waals surface area (Å²) in [5.74, 6) is -0.139. The van der Waals surface area contributed by atoms with E-state index in [0.717, 1.165) is 32.1 Å². The van der Waals surface area contributed by atoms with Crippen LogP contribution >= 0.6 is 0 Å². The number of ketones is 2. The Labute approximate surface area is 192 Å². The quantitative estimate of drug-likeness (QED) is 0.299. The maximum atomic E-state index is 13.2. The maximum absolute atomic E-state index is 13.2. The molecule has 170 valence electrons. The van der Waals surface area contributed by atoms with Crippen LogP contribution in [0.5, 0.6) is 0 Å². The van der Waals surface area contributed by atoms with Crippen molar-refractivity contribution in [3.05, 3.63) is 46.8 Å². The highest BCUT2D eigenvalue weighted by Gasteiger charge is 2.42. The van der Waals surface area contributed by atoms with E-state index >= 15 is 0 Å². The van der Waals surface area contributed by atoms with Crippen LogP contribution in [0.15, 0.2) is 24.3 Å². The predicted molar refractivity (Wildman–Crippen MR) is 118 cm³/mol. The van der Waals surface area contributed by atoms with Gasteiger partial charge >= 0.3 is 0 Å². The highest BCUT2D eigenvalue weighted by atomic mass is 35.5. The summed E-state index contributed by atoms with van der Waals surface area (Å²) in [6.07, 6.45) is 13.0. The Hall–Kier alpha value is -2.01. The molecule has 0 saturated carbocycles. The molecule has 0 unspecified atom stereocenters. The van der Waals surface area contributed by atoms with Gasteiger partial charge in [-0.05, 0) is 25.7 Å². The van der Waals surface area contributed by atoms with E-state index in [4.69, 9.17) is 5.21 Å². The Kier molecular flexibility index (Phi) is 10.4. The molecule has 31 heavy (non-hydrogen) atoms. The lowest BCUT2D eigenvalue weighted by Gasteiger charge is -2.11. The van der Waals surface area contributed by atoms with Gasteiger partial charge < -0.3 is 12.4 Å². The van der Waals surface area contributed by atoms with Gasteiger partial charge in [0.25, 0.3) is 0 Å². The Balaban J connectivity index is 0.00000341. The van der Waals surface area contributed by atoms with Crippen molar-refractivity contribution in [2.45, 2.75) is 97.6 Å². The molecule has 3 rings (SSSR count). The summed E-state index contributed by atoms with van der Waals surface area (Å²) in [6.45, 7) is 5.77. The largest absolute Gasteiger partial charge is 1.00 e. The van der Waals surface area contributed by atoms with E-state index < -0.39 is 0 Å². The molecule has 0 N–H and O–H groups in total. The topological polar surface area (TPSA) is 55.8 Å². The molecule has 0 bridgehead atoms. The lowest BCUT2D eigenvalue weighted by atomic mass is 9.90. The van der Waals surface area contributed by atoms with Crippen molar-refractivity contribution in [2.24, 2.45) is 0 Å². The van der Waals surface area contributed by atoms with Gasteiger partial charge in [0, 0.05) is 11.1 Å². The number of unbranched alkanes of at least 4 members (excludes halogenated alkanes) is 9. The number of rotatable bonds is 13. The summed E-state index contributed by atoms with van der Waals surface area (Å²) in [5.41, 5.74) is 1.98. The zero-order valence-electron chi connectivity index (χ0n) is 19.0. The fourth-order valence-electron chi connectivity index (χ4n) is 4.27. The second kappa shape index (κ2) is 12.7. The minimum Gasteiger partial charge on any atom is -1.00 e. The van der Waals surface area contributed by atoms with Gasteiger partial charge in [0.05, 0.1) is 5.21 Å². The monoisotopic (exact) mass is 445 g/mol. The molecule has 0 amide bonds. The van der Waals surface area contributed by atoms with E-state index in [2.05, 4.69) is 13.8 Å². The van der Waals surface area contributed by atoms with E-state index in [1.165, 1.54) is 38.5 Å². The van der Waals surface area contributed by atoms with Gasteiger partial charge in [0.15, 0.2) is 0 Å². The summed E-state index contributed by atoms with van der Waals surface area (Å²) in [7, 11) is 0. The first-order chi connectivity index (χ1) is 14.7. The summed E-state index contributed by atoms with van der Waals surface area (Å²) in [5, 5.41) is 4.70. The molecule has 0 fully saturated rings. The minimum absolute atomic E-state index is 0. The Morgan fingerprint density at radius 3 is 1.97 bits per heavy atom. The van der Waals surface area contributed by atoms with Crippen molar-refractivity contribution in [3.63, 3.8) is 0 Å². The molecule has 6 heteroatoms. The third-order valence-electron chi connectivity index (χ3n) is 6.00. The van der Waals surface area contributed by atoms with Crippen molar-refractivity contribution in [2.75, 3.05) is 0 Å². The number of benzene rings is 1. The molecule has 0 saturated heterocycles. The zero-order chi connectivity index (χ0) is 21.3. The second-order valence-corrected chi connectivity index (χ2v) is 8.42. The first-order valence-corrected chi connectivity index (χ1v) is 11.9. The number of carbonyl (C=O) groups is 2. The van der Waals surface area contributed by atoms with Crippen LogP contribution in [0, 0.1) is 0 Å². The van der Waals surface area contributed by atoms with E-state index in [0.29, 0.717) is 35.6 Å². The number of carbonyl (C=O) groups excluding carboxylic acids is 2. The number of hydrogen-bond acceptors (Lipinski definition) is 3. The molecule has 1 aliphatic carbocycles. The number of aryl methyl sites for hydroxylation is 2. The summed E-state index contributed by atoms with van der Waals surface area (Å²) >= 11 is 0. The van der Waals surface area contributed by atoms with Crippen LogP contribution in [0.1, 0.15) is 117 Å². The van der Waals surface area contributed by atoms with Gasteiger partial charge in [-0.25, -0.2) is 0 Å². The number of fused-ring (bicyclic) bond motifs is 2. The average Bonchev–Trinajstić information content (AvgIpc) is 3.13. The average molecular weight is 446 g/mol. The lowest BCUT2D eigenvalue weighted by Crippen LogP contribution is -3.00. The zero-order valence-corrected chi connectivity index (χ0v) is 19.8. The summed E-state index contributed by atoms with van der Waals surface area (Å²) in [4.78, 5) is 26.4. The van der Waals surface area contributed by atoms with Gasteiger partial charge in [0.2, 0.25) is 23.0 Å². The molecule has 5 nitrogen and oxygen atoms in total. The van der Waals surface area contributed by atoms with Crippen molar-refractivity contribution in [1.82, 2.24) is 9.90 Å². The van der Waals surface area contributed by atoms with Crippen molar-refractivity contribution in [3.8, 4) is 0 Å². The highest BCUT2D eigenvalue weighted by molar-refractivity contribution is 6.26. The molecule has 0 atom stereocenters. The van der Waals surface area contributed by atoms with Crippen molar-refractivity contribution in [1.29, 1.82) is 0 Å². The molecule has 2 aromatic rings. The van der Waals surface area contributed by atoms with Crippen LogP contribution in [-0.4, -0.2) is 21.5 Å². The third-order valence-corrected chi connectivity index (χ3v) is 6.00. The molecule has 1 aromatic heterocycles. The van der Waals surface area contributed by atoms with Crippen LogP contribution in [0.2, 0.25) is 0 Å². The van der Waals surface area contributed by atoms with Crippen molar-refractivity contribution >= 4 is 11.6 Å². The lowest BCUT2D eigenvalue weighted by molar-refractivity contribution is -0.757. The van der Waals surface area contributed by atoms with Crippen LogP contribution < -0.4 is 17.1 Å². The maximum Gasteiger partial charge on any atom is 0.249 e. The normalized spacial score (nSPS) is 12.5. The molecule has 1 aliphatic rings. The summed E-state index contributed by atoms with van der Waals surface area (Å²) < 4.78 is 3.58. The van der Waals surface area contributed by atoms with Crippen LogP contribution in [0.25, 0.3) is 0 Å². The molecular formula is C25H36ClN3O2.